The number of hydrogen-bond donors (Lipinski definition) is 2. The molecule has 1 heterocycles. The van der Waals surface area contributed by atoms with E-state index < -0.39 is 5.97 Å². The number of fused-ring (bicyclic) bond motifs is 1. The molecular formula is C18H26N2O4. The number of ether oxygens (including phenoxy) is 2. The van der Waals surface area contributed by atoms with E-state index in [-0.39, 0.29) is 6.54 Å². The van der Waals surface area contributed by atoms with Gasteiger partial charge < -0.3 is 19.9 Å². The summed E-state index contributed by atoms with van der Waals surface area (Å²) >= 11 is 0. The Morgan fingerprint density at radius 3 is 2.88 bits per heavy atom. The molecule has 3 rings (SSSR count). The molecule has 0 saturated heterocycles. The summed E-state index contributed by atoms with van der Waals surface area (Å²) in [7, 11) is 0. The van der Waals surface area contributed by atoms with Crippen LogP contribution in [0.4, 0.5) is 0 Å². The number of benzene rings is 1. The molecule has 0 atom stereocenters. The molecule has 0 aromatic heterocycles. The van der Waals surface area contributed by atoms with Crippen molar-refractivity contribution in [2.24, 2.45) is 0 Å². The van der Waals surface area contributed by atoms with Crippen molar-refractivity contribution in [2.45, 2.75) is 44.8 Å². The highest BCUT2D eigenvalue weighted by Gasteiger charge is 2.33. The van der Waals surface area contributed by atoms with Crippen LogP contribution in [0.2, 0.25) is 0 Å². The molecule has 6 heteroatoms. The van der Waals surface area contributed by atoms with Crippen molar-refractivity contribution in [3.8, 4) is 11.5 Å². The second kappa shape index (κ2) is 7.85. The Morgan fingerprint density at radius 1 is 1.33 bits per heavy atom. The predicted molar refractivity (Wildman–Crippen MR) is 90.6 cm³/mol. The van der Waals surface area contributed by atoms with E-state index in [0.717, 1.165) is 49.4 Å². The Bertz CT molecular complexity index is 572. The molecule has 1 aliphatic heterocycles. The van der Waals surface area contributed by atoms with E-state index in [9.17, 15) is 4.79 Å². The molecule has 6 nitrogen and oxygen atoms in total. The van der Waals surface area contributed by atoms with Gasteiger partial charge in [-0.1, -0.05) is 19.1 Å². The lowest BCUT2D eigenvalue weighted by molar-refractivity contribution is -0.139. The molecule has 1 fully saturated rings. The van der Waals surface area contributed by atoms with Crippen molar-refractivity contribution in [3.63, 3.8) is 0 Å². The lowest BCUT2D eigenvalue weighted by Gasteiger charge is -2.42. The van der Waals surface area contributed by atoms with E-state index in [1.54, 1.807) is 0 Å². The first-order valence-electron chi connectivity index (χ1n) is 8.74. The number of carboxylic acids is 1. The summed E-state index contributed by atoms with van der Waals surface area (Å²) in [6.45, 7) is 5.06. The normalized spacial score (nSPS) is 22.8. The third-order valence-corrected chi connectivity index (χ3v) is 4.81. The predicted octanol–water partition coefficient (Wildman–Crippen LogP) is 1.88. The van der Waals surface area contributed by atoms with Crippen molar-refractivity contribution in [1.82, 2.24) is 10.2 Å². The average Bonchev–Trinajstić information content (AvgIpc) is 2.77. The monoisotopic (exact) mass is 334 g/mol. The standard InChI is InChI=1S/C18H26N2O4/c1-2-20(12-17(21)22)15-9-14(10-15)19-11-13-5-3-6-16-18(13)24-8-4-7-23-16/h3,5-6,14-15,19H,2,4,7-12H2,1H3,(H,21,22). The molecule has 1 aromatic rings. The molecule has 132 valence electrons. The maximum atomic E-state index is 10.9. The largest absolute Gasteiger partial charge is 0.490 e. The molecule has 0 radical (unpaired) electrons. The number of hydrogen-bond acceptors (Lipinski definition) is 5. The Kier molecular flexibility index (Phi) is 5.58. The number of rotatable bonds is 7. The Balaban J connectivity index is 1.51. The molecule has 1 aliphatic carbocycles. The van der Waals surface area contributed by atoms with Gasteiger partial charge in [0.1, 0.15) is 0 Å². The molecule has 0 amide bonds. The van der Waals surface area contributed by atoms with E-state index in [1.165, 1.54) is 0 Å². The minimum atomic E-state index is -0.752. The van der Waals surface area contributed by atoms with E-state index in [0.29, 0.717) is 25.3 Å². The summed E-state index contributed by atoms with van der Waals surface area (Å²) in [5, 5.41) is 12.5. The van der Waals surface area contributed by atoms with E-state index >= 15 is 0 Å². The summed E-state index contributed by atoms with van der Waals surface area (Å²) in [6.07, 6.45) is 2.89. The Hall–Kier alpha value is -1.79. The van der Waals surface area contributed by atoms with E-state index in [1.807, 2.05) is 24.0 Å². The summed E-state index contributed by atoms with van der Waals surface area (Å²) in [5.41, 5.74) is 1.12. The van der Waals surface area contributed by atoms with E-state index in [4.69, 9.17) is 14.6 Å². The van der Waals surface area contributed by atoms with Gasteiger partial charge in [-0.3, -0.25) is 9.69 Å². The maximum Gasteiger partial charge on any atom is 0.317 e. The smallest absolute Gasteiger partial charge is 0.317 e. The first-order chi connectivity index (χ1) is 11.7. The quantitative estimate of drug-likeness (QED) is 0.793. The van der Waals surface area contributed by atoms with Crippen LogP contribution in [-0.2, 0) is 11.3 Å². The molecule has 1 aromatic carbocycles. The number of likely N-dealkylation sites (N-methyl/N-ethyl adjacent to an activating group) is 1. The van der Waals surface area contributed by atoms with Crippen molar-refractivity contribution in [1.29, 1.82) is 0 Å². The maximum absolute atomic E-state index is 10.9. The van der Waals surface area contributed by atoms with Crippen molar-refractivity contribution in [2.75, 3.05) is 26.3 Å². The number of aliphatic carboxylic acids is 1. The van der Waals surface area contributed by atoms with Crippen molar-refractivity contribution in [3.05, 3.63) is 23.8 Å². The van der Waals surface area contributed by atoms with Crippen molar-refractivity contribution < 1.29 is 19.4 Å². The molecule has 0 bridgehead atoms. The Labute approximate surface area is 142 Å². The SMILES string of the molecule is CCN(CC(=O)O)C1CC(NCc2cccc3c2OCCCO3)C1. The van der Waals surface area contributed by atoms with Gasteiger partial charge in [-0.2, -0.15) is 0 Å². The highest BCUT2D eigenvalue weighted by Crippen LogP contribution is 2.34. The van der Waals surface area contributed by atoms with Gasteiger partial charge in [0, 0.05) is 30.6 Å². The zero-order valence-corrected chi connectivity index (χ0v) is 14.2. The van der Waals surface area contributed by atoms with Gasteiger partial charge in [-0.15, -0.1) is 0 Å². The topological polar surface area (TPSA) is 71.0 Å². The molecular weight excluding hydrogens is 308 g/mol. The fourth-order valence-corrected chi connectivity index (χ4v) is 3.37. The number of carbonyl (C=O) groups is 1. The van der Waals surface area contributed by atoms with Gasteiger partial charge in [0.15, 0.2) is 11.5 Å². The van der Waals surface area contributed by atoms with Crippen LogP contribution < -0.4 is 14.8 Å². The lowest BCUT2D eigenvalue weighted by atomic mass is 9.85. The molecule has 24 heavy (non-hydrogen) atoms. The van der Waals surface area contributed by atoms with Gasteiger partial charge in [0.25, 0.3) is 0 Å². The molecule has 0 unspecified atom stereocenters. The minimum Gasteiger partial charge on any atom is -0.490 e. The molecule has 1 saturated carbocycles. The first kappa shape index (κ1) is 17.0. The van der Waals surface area contributed by atoms with Gasteiger partial charge in [0.2, 0.25) is 0 Å². The minimum absolute atomic E-state index is 0.130. The first-order valence-corrected chi connectivity index (χ1v) is 8.74. The number of nitrogens with zero attached hydrogens (tertiary/aromatic N) is 1. The summed E-state index contributed by atoms with van der Waals surface area (Å²) < 4.78 is 11.6. The van der Waals surface area contributed by atoms with Crippen LogP contribution in [0.5, 0.6) is 11.5 Å². The third kappa shape index (κ3) is 3.99. The molecule has 2 N–H and O–H groups in total. The molecule has 2 aliphatic rings. The number of carboxylic acid groups (broad SMARTS) is 1. The van der Waals surface area contributed by atoms with Gasteiger partial charge >= 0.3 is 5.97 Å². The summed E-state index contributed by atoms with van der Waals surface area (Å²) in [5.74, 6) is 0.939. The van der Waals surface area contributed by atoms with E-state index in [2.05, 4.69) is 11.4 Å². The fraction of sp³-hybridized carbons (Fsp3) is 0.611. The summed E-state index contributed by atoms with van der Waals surface area (Å²) in [4.78, 5) is 12.9. The fourth-order valence-electron chi connectivity index (χ4n) is 3.37. The zero-order valence-electron chi connectivity index (χ0n) is 14.2. The van der Waals surface area contributed by atoms with Crippen LogP contribution in [0.3, 0.4) is 0 Å². The van der Waals surface area contributed by atoms with Gasteiger partial charge in [-0.05, 0) is 25.5 Å². The molecule has 0 spiro atoms. The van der Waals surface area contributed by atoms with Crippen LogP contribution in [0, 0.1) is 0 Å². The van der Waals surface area contributed by atoms with Gasteiger partial charge in [0.05, 0.1) is 19.8 Å². The lowest BCUT2D eigenvalue weighted by Crippen LogP contribution is -2.53. The van der Waals surface area contributed by atoms with Crippen LogP contribution in [0.1, 0.15) is 31.7 Å². The second-order valence-electron chi connectivity index (χ2n) is 6.45. The second-order valence-corrected chi connectivity index (χ2v) is 6.45. The number of nitrogens with one attached hydrogen (secondary N) is 1. The highest BCUT2D eigenvalue weighted by molar-refractivity contribution is 5.69. The number of para-hydroxylation sites is 1. The summed E-state index contributed by atoms with van der Waals surface area (Å²) in [6, 6.07) is 6.82. The van der Waals surface area contributed by atoms with Crippen LogP contribution >= 0.6 is 0 Å². The van der Waals surface area contributed by atoms with Crippen LogP contribution in [0.15, 0.2) is 18.2 Å². The zero-order chi connectivity index (χ0) is 16.9. The average molecular weight is 334 g/mol. The third-order valence-electron chi connectivity index (χ3n) is 4.81. The van der Waals surface area contributed by atoms with Crippen molar-refractivity contribution >= 4 is 5.97 Å². The van der Waals surface area contributed by atoms with Crippen LogP contribution in [0.25, 0.3) is 0 Å². The van der Waals surface area contributed by atoms with Crippen LogP contribution in [-0.4, -0.2) is 54.4 Å². The highest BCUT2D eigenvalue weighted by atomic mass is 16.5. The Morgan fingerprint density at radius 2 is 2.12 bits per heavy atom. The van der Waals surface area contributed by atoms with Gasteiger partial charge in [-0.25, -0.2) is 0 Å².